The molecule has 17 nitrogen and oxygen atoms in total. The molecule has 0 aromatic rings. The number of phosphoric ester groups is 2. The zero-order valence-electron chi connectivity index (χ0n) is 62.7. The Hall–Kier alpha value is -1.94. The molecular weight excluding hydrogens is 1260 g/mol. The predicted molar refractivity (Wildman–Crippen MR) is 391 cm³/mol. The van der Waals surface area contributed by atoms with Crippen molar-refractivity contribution in [3.8, 4) is 0 Å². The van der Waals surface area contributed by atoms with E-state index in [1.165, 1.54) is 218 Å². The first-order valence-corrected chi connectivity index (χ1v) is 43.0. The lowest BCUT2D eigenvalue weighted by Crippen LogP contribution is -2.30. The van der Waals surface area contributed by atoms with Crippen LogP contribution in [0.2, 0.25) is 0 Å². The van der Waals surface area contributed by atoms with Crippen molar-refractivity contribution in [2.75, 3.05) is 39.6 Å². The summed E-state index contributed by atoms with van der Waals surface area (Å²) in [5, 5.41) is 10.6. The van der Waals surface area contributed by atoms with Crippen molar-refractivity contribution in [3.05, 3.63) is 0 Å². The third-order valence-corrected chi connectivity index (χ3v) is 19.9. The number of carbonyl (C=O) groups excluding carboxylic acids is 4. The zero-order chi connectivity index (χ0) is 70.7. The molecule has 0 bridgehead atoms. The highest BCUT2D eigenvalue weighted by Gasteiger charge is 2.30. The number of carbonyl (C=O) groups is 4. The van der Waals surface area contributed by atoms with Crippen LogP contribution < -0.4 is 0 Å². The molecule has 0 aliphatic rings. The number of phosphoric acid groups is 2. The van der Waals surface area contributed by atoms with Crippen molar-refractivity contribution >= 4 is 39.5 Å². The Kier molecular flexibility index (Phi) is 67.4. The highest BCUT2D eigenvalue weighted by Crippen LogP contribution is 2.45. The molecule has 0 saturated heterocycles. The molecule has 570 valence electrons. The number of hydrogen-bond donors (Lipinski definition) is 3. The van der Waals surface area contributed by atoms with E-state index in [0.29, 0.717) is 25.7 Å². The van der Waals surface area contributed by atoms with E-state index in [9.17, 15) is 43.2 Å². The average molecular weight is 1410 g/mol. The second-order valence-electron chi connectivity index (χ2n) is 28.7. The fourth-order valence-electron chi connectivity index (χ4n) is 11.8. The van der Waals surface area contributed by atoms with Gasteiger partial charge in [-0.25, -0.2) is 9.13 Å². The molecule has 0 aliphatic heterocycles. The van der Waals surface area contributed by atoms with Crippen LogP contribution in [-0.2, 0) is 65.4 Å². The average Bonchev–Trinajstić information content (AvgIpc) is 1.32. The molecule has 19 heteroatoms. The minimum Gasteiger partial charge on any atom is -0.462 e. The fourth-order valence-corrected chi connectivity index (χ4v) is 13.4. The quantitative estimate of drug-likeness (QED) is 0.0222. The number of aliphatic hydroxyl groups excluding tert-OH is 1. The Labute approximate surface area is 588 Å². The Morgan fingerprint density at radius 1 is 0.281 bits per heavy atom. The summed E-state index contributed by atoms with van der Waals surface area (Å²) in [6.45, 7) is 9.60. The summed E-state index contributed by atoms with van der Waals surface area (Å²) in [6, 6.07) is 0. The van der Waals surface area contributed by atoms with Crippen molar-refractivity contribution in [3.63, 3.8) is 0 Å². The van der Waals surface area contributed by atoms with E-state index >= 15 is 0 Å². The van der Waals surface area contributed by atoms with E-state index in [1.54, 1.807) is 0 Å². The molecule has 0 aromatic carbocycles. The molecule has 0 fully saturated rings. The van der Waals surface area contributed by atoms with E-state index in [1.807, 2.05) is 0 Å². The van der Waals surface area contributed by atoms with Gasteiger partial charge in [-0.1, -0.05) is 350 Å². The van der Waals surface area contributed by atoms with Gasteiger partial charge in [0, 0.05) is 25.7 Å². The highest BCUT2D eigenvalue weighted by molar-refractivity contribution is 7.47. The van der Waals surface area contributed by atoms with E-state index in [2.05, 4.69) is 41.5 Å². The lowest BCUT2D eigenvalue weighted by molar-refractivity contribution is -0.161. The van der Waals surface area contributed by atoms with Crippen molar-refractivity contribution in [1.29, 1.82) is 0 Å². The number of esters is 4. The summed E-state index contributed by atoms with van der Waals surface area (Å²) in [4.78, 5) is 72.9. The van der Waals surface area contributed by atoms with Gasteiger partial charge in [-0.15, -0.1) is 0 Å². The van der Waals surface area contributed by atoms with E-state index in [4.69, 9.17) is 37.0 Å². The highest BCUT2D eigenvalue weighted by atomic mass is 31.2. The van der Waals surface area contributed by atoms with Gasteiger partial charge in [-0.2, -0.15) is 0 Å². The van der Waals surface area contributed by atoms with Crippen LogP contribution in [0.15, 0.2) is 0 Å². The molecule has 5 atom stereocenters. The molecule has 3 N–H and O–H groups in total. The maximum atomic E-state index is 13.1. The summed E-state index contributed by atoms with van der Waals surface area (Å²) in [5.74, 6) is -0.583. The first-order valence-electron chi connectivity index (χ1n) is 40.0. The van der Waals surface area contributed by atoms with Gasteiger partial charge in [-0.3, -0.25) is 37.3 Å². The van der Waals surface area contributed by atoms with Crippen molar-refractivity contribution in [2.24, 2.45) is 11.8 Å². The number of unbranched alkanes of at least 4 members (excludes halogenated alkanes) is 46. The SMILES string of the molecule is CCCCCCCCCCCCCCCCC(=O)OC[C@H](COP(=O)(O)OC[C@@H](O)COP(=O)(O)OC[C@@H](COC(=O)CCCCCCCCCCC(C)C)OC(=O)CCCCCCCCCCCCCCC)OC(=O)CCCCCCCCCCCCCCCCCC(C)C. The van der Waals surface area contributed by atoms with Gasteiger partial charge in [0.15, 0.2) is 12.2 Å². The number of rotatable bonds is 76. The van der Waals surface area contributed by atoms with Crippen LogP contribution >= 0.6 is 15.6 Å². The molecule has 0 rings (SSSR count). The first-order chi connectivity index (χ1) is 46.4. The lowest BCUT2D eigenvalue weighted by Gasteiger charge is -2.21. The summed E-state index contributed by atoms with van der Waals surface area (Å²) in [5.41, 5.74) is 0. The molecule has 0 heterocycles. The van der Waals surface area contributed by atoms with Crippen LogP contribution in [0.1, 0.15) is 401 Å². The van der Waals surface area contributed by atoms with Crippen LogP contribution in [-0.4, -0.2) is 96.7 Å². The second-order valence-corrected chi connectivity index (χ2v) is 31.6. The van der Waals surface area contributed by atoms with Crippen LogP contribution in [0, 0.1) is 11.8 Å². The summed E-state index contributed by atoms with van der Waals surface area (Å²) in [7, 11) is -9.91. The molecule has 2 unspecified atom stereocenters. The van der Waals surface area contributed by atoms with Gasteiger partial charge in [-0.05, 0) is 37.5 Å². The Balaban J connectivity index is 5.25. The number of ether oxygens (including phenoxy) is 4. The topological polar surface area (TPSA) is 237 Å². The van der Waals surface area contributed by atoms with E-state index in [-0.39, 0.29) is 25.7 Å². The lowest BCUT2D eigenvalue weighted by atomic mass is 10.0. The maximum absolute atomic E-state index is 13.1. The summed E-state index contributed by atoms with van der Waals surface area (Å²) >= 11 is 0. The van der Waals surface area contributed by atoms with Gasteiger partial charge >= 0.3 is 39.5 Å². The second kappa shape index (κ2) is 68.8. The molecule has 0 saturated carbocycles. The first kappa shape index (κ1) is 94.1. The van der Waals surface area contributed by atoms with Crippen molar-refractivity contribution < 1.29 is 80.2 Å². The van der Waals surface area contributed by atoms with E-state index < -0.39 is 97.5 Å². The number of aliphatic hydroxyl groups is 1. The Morgan fingerprint density at radius 3 is 0.708 bits per heavy atom. The fraction of sp³-hybridized carbons (Fsp3) is 0.948. The van der Waals surface area contributed by atoms with Gasteiger partial charge < -0.3 is 33.8 Å². The summed E-state index contributed by atoms with van der Waals surface area (Å²) in [6.07, 6.45) is 56.8. The largest absolute Gasteiger partial charge is 0.472 e. The van der Waals surface area contributed by atoms with Crippen LogP contribution in [0.25, 0.3) is 0 Å². The zero-order valence-corrected chi connectivity index (χ0v) is 64.5. The summed E-state index contributed by atoms with van der Waals surface area (Å²) < 4.78 is 68.6. The Bertz CT molecular complexity index is 1860. The van der Waals surface area contributed by atoms with Gasteiger partial charge in [0.2, 0.25) is 0 Å². The van der Waals surface area contributed by atoms with E-state index in [0.717, 1.165) is 102 Å². The molecule has 0 radical (unpaired) electrons. The number of hydrogen-bond acceptors (Lipinski definition) is 15. The Morgan fingerprint density at radius 2 is 0.479 bits per heavy atom. The third kappa shape index (κ3) is 70.5. The van der Waals surface area contributed by atoms with Gasteiger partial charge in [0.1, 0.15) is 19.3 Å². The van der Waals surface area contributed by atoms with Crippen molar-refractivity contribution in [1.82, 2.24) is 0 Å². The van der Waals surface area contributed by atoms with Crippen LogP contribution in [0.5, 0.6) is 0 Å². The third-order valence-electron chi connectivity index (χ3n) is 18.0. The predicted octanol–water partition coefficient (Wildman–Crippen LogP) is 22.7. The van der Waals surface area contributed by atoms with Crippen LogP contribution in [0.3, 0.4) is 0 Å². The molecule has 0 aliphatic carbocycles. The molecule has 0 spiro atoms. The monoisotopic (exact) mass is 1410 g/mol. The standard InChI is InChI=1S/C77H150O17P2/c1-7-9-11-13-15-17-19-21-27-30-34-41-47-53-59-74(79)87-65-72(93-77(82)62-56-50-44-36-32-28-24-22-23-26-29-33-39-45-51-57-69(3)4)67-91-95(83,84)89-63-71(78)64-90-96(85,86)92-68-73(66-88-75(80)60-54-48-42-38-37-40-46-52-58-70(5)6)94-76(81)61-55-49-43-35-31-25-20-18-16-14-12-10-8-2/h69-73,78H,7-68H2,1-6H3,(H,83,84)(H,85,86)/t71-,72-,73-/m1/s1. The van der Waals surface area contributed by atoms with Gasteiger partial charge in [0.05, 0.1) is 26.4 Å². The van der Waals surface area contributed by atoms with Crippen LogP contribution in [0.4, 0.5) is 0 Å². The minimum absolute atomic E-state index is 0.107. The minimum atomic E-state index is -4.96. The maximum Gasteiger partial charge on any atom is 0.472 e. The molecule has 0 amide bonds. The molecular formula is C77H150O17P2. The van der Waals surface area contributed by atoms with Crippen molar-refractivity contribution in [2.45, 2.75) is 419 Å². The normalized spacial score (nSPS) is 14.0. The molecule has 0 aromatic heterocycles. The smallest absolute Gasteiger partial charge is 0.462 e. The van der Waals surface area contributed by atoms with Gasteiger partial charge in [0.25, 0.3) is 0 Å². The molecule has 96 heavy (non-hydrogen) atoms.